The van der Waals surface area contributed by atoms with Crippen molar-refractivity contribution in [1.29, 1.82) is 0 Å². The first kappa shape index (κ1) is 16.6. The highest BCUT2D eigenvalue weighted by atomic mass is 16.5. The van der Waals surface area contributed by atoms with Crippen molar-refractivity contribution in [2.75, 3.05) is 13.2 Å². The smallest absolute Gasteiger partial charge is 0.331 e. The normalized spacial score (nSPS) is 11.0. The van der Waals surface area contributed by atoms with Crippen LogP contribution in [0.5, 0.6) is 0 Å². The van der Waals surface area contributed by atoms with Crippen LogP contribution in [0.1, 0.15) is 11.3 Å². The van der Waals surface area contributed by atoms with Crippen LogP contribution in [0, 0.1) is 0 Å². The zero-order chi connectivity index (χ0) is 17.5. The number of ether oxygens (including phenoxy) is 1. The van der Waals surface area contributed by atoms with E-state index in [4.69, 9.17) is 9.15 Å². The number of aromatic nitrogens is 1. The highest BCUT2D eigenvalue weighted by molar-refractivity contribution is 5.89. The molecule has 1 aromatic carbocycles. The van der Waals surface area contributed by atoms with Crippen molar-refractivity contribution in [1.82, 2.24) is 10.3 Å². The van der Waals surface area contributed by atoms with Gasteiger partial charge in [-0.15, -0.1) is 0 Å². The van der Waals surface area contributed by atoms with E-state index >= 15 is 0 Å². The minimum atomic E-state index is -0.594. The largest absolute Gasteiger partial charge is 0.465 e. The minimum Gasteiger partial charge on any atom is -0.465 e. The Morgan fingerprint density at radius 1 is 1.20 bits per heavy atom. The number of benzene rings is 1. The lowest BCUT2D eigenvalue weighted by atomic mass is 10.1. The molecule has 0 radical (unpaired) electrons. The molecule has 1 amide bonds. The van der Waals surface area contributed by atoms with Crippen LogP contribution >= 0.6 is 0 Å². The van der Waals surface area contributed by atoms with E-state index in [1.54, 1.807) is 12.1 Å². The number of aromatic amines is 1. The number of rotatable bonds is 7. The topological polar surface area (TPSA) is 84.3 Å². The van der Waals surface area contributed by atoms with Crippen molar-refractivity contribution in [2.24, 2.45) is 0 Å². The number of esters is 1. The van der Waals surface area contributed by atoms with E-state index in [1.807, 2.05) is 30.5 Å². The van der Waals surface area contributed by atoms with Gasteiger partial charge in [-0.25, -0.2) is 4.79 Å². The van der Waals surface area contributed by atoms with Crippen molar-refractivity contribution in [3.05, 3.63) is 66.3 Å². The third kappa shape index (κ3) is 4.60. The average molecular weight is 338 g/mol. The Hall–Kier alpha value is -3.28. The number of H-pyrrole nitrogens is 1. The van der Waals surface area contributed by atoms with Gasteiger partial charge in [0.15, 0.2) is 6.61 Å². The predicted octanol–water partition coefficient (Wildman–Crippen LogP) is 2.68. The first-order valence-electron chi connectivity index (χ1n) is 7.92. The number of amides is 1. The summed E-state index contributed by atoms with van der Waals surface area (Å²) in [5.41, 5.74) is 2.20. The van der Waals surface area contributed by atoms with Crippen LogP contribution in [0.2, 0.25) is 0 Å². The minimum absolute atomic E-state index is 0.310. The van der Waals surface area contributed by atoms with Gasteiger partial charge in [0.25, 0.3) is 5.91 Å². The van der Waals surface area contributed by atoms with Gasteiger partial charge in [-0.1, -0.05) is 18.2 Å². The van der Waals surface area contributed by atoms with Crippen LogP contribution in [-0.4, -0.2) is 30.0 Å². The third-order valence-electron chi connectivity index (χ3n) is 3.66. The summed E-state index contributed by atoms with van der Waals surface area (Å²) in [5, 5.41) is 3.88. The van der Waals surface area contributed by atoms with Gasteiger partial charge < -0.3 is 19.5 Å². The van der Waals surface area contributed by atoms with Crippen LogP contribution in [0.15, 0.2) is 59.4 Å². The molecule has 128 valence electrons. The summed E-state index contributed by atoms with van der Waals surface area (Å²) < 4.78 is 9.93. The van der Waals surface area contributed by atoms with Gasteiger partial charge in [-0.2, -0.15) is 0 Å². The number of fused-ring (bicyclic) bond motifs is 1. The van der Waals surface area contributed by atoms with Gasteiger partial charge in [0.2, 0.25) is 0 Å². The Morgan fingerprint density at radius 3 is 2.92 bits per heavy atom. The van der Waals surface area contributed by atoms with Crippen molar-refractivity contribution in [3.8, 4) is 0 Å². The maximum atomic E-state index is 11.7. The van der Waals surface area contributed by atoms with Gasteiger partial charge in [-0.3, -0.25) is 4.79 Å². The predicted molar refractivity (Wildman–Crippen MR) is 93.7 cm³/mol. The molecule has 0 fully saturated rings. The van der Waals surface area contributed by atoms with Gasteiger partial charge in [0.1, 0.15) is 5.76 Å². The van der Waals surface area contributed by atoms with E-state index in [0.29, 0.717) is 18.7 Å². The molecule has 2 aromatic heterocycles. The number of hydrogen-bond acceptors (Lipinski definition) is 4. The van der Waals surface area contributed by atoms with Crippen molar-refractivity contribution >= 4 is 28.9 Å². The Kier molecular flexibility index (Phi) is 5.31. The lowest BCUT2D eigenvalue weighted by molar-refractivity contribution is -0.143. The summed E-state index contributed by atoms with van der Waals surface area (Å²) in [6.07, 6.45) is 6.85. The van der Waals surface area contributed by atoms with E-state index in [0.717, 1.165) is 16.5 Å². The fourth-order valence-corrected chi connectivity index (χ4v) is 2.45. The summed E-state index contributed by atoms with van der Waals surface area (Å²) in [6.45, 7) is 0.162. The van der Waals surface area contributed by atoms with Crippen LogP contribution in [0.25, 0.3) is 17.0 Å². The highest BCUT2D eigenvalue weighted by Crippen LogP contribution is 2.17. The molecule has 0 atom stereocenters. The van der Waals surface area contributed by atoms with Crippen LogP contribution in [-0.2, 0) is 20.7 Å². The molecule has 0 bridgehead atoms. The molecule has 0 unspecified atom stereocenters. The van der Waals surface area contributed by atoms with E-state index < -0.39 is 5.97 Å². The summed E-state index contributed by atoms with van der Waals surface area (Å²) in [6, 6.07) is 11.4. The second-order valence-corrected chi connectivity index (χ2v) is 5.42. The molecule has 3 aromatic rings. The van der Waals surface area contributed by atoms with Crippen molar-refractivity contribution < 1.29 is 18.7 Å². The molecule has 2 N–H and O–H groups in total. The highest BCUT2D eigenvalue weighted by Gasteiger charge is 2.06. The molecular weight excluding hydrogens is 320 g/mol. The molecular formula is C19H18N2O4. The SMILES string of the molecule is O=C(COC(=O)/C=C/c1ccco1)NCCc1c[nH]c2ccccc12. The van der Waals surface area contributed by atoms with Crippen molar-refractivity contribution in [2.45, 2.75) is 6.42 Å². The molecule has 2 heterocycles. The number of para-hydroxylation sites is 1. The number of carbonyl (C=O) groups is 2. The van der Waals surface area contributed by atoms with Crippen molar-refractivity contribution in [3.63, 3.8) is 0 Å². The zero-order valence-electron chi connectivity index (χ0n) is 13.5. The molecule has 6 heteroatoms. The first-order valence-corrected chi connectivity index (χ1v) is 7.92. The number of hydrogen-bond donors (Lipinski definition) is 2. The molecule has 0 saturated carbocycles. The molecule has 0 spiro atoms. The lowest BCUT2D eigenvalue weighted by Crippen LogP contribution is -2.30. The number of nitrogens with one attached hydrogen (secondary N) is 2. The number of carbonyl (C=O) groups excluding carboxylic acids is 2. The molecule has 3 rings (SSSR count). The Balaban J connectivity index is 1.39. The Bertz CT molecular complexity index is 878. The Labute approximate surface area is 144 Å². The van der Waals surface area contributed by atoms with E-state index in [1.165, 1.54) is 18.4 Å². The van der Waals surface area contributed by atoms with Gasteiger partial charge in [0, 0.05) is 29.7 Å². The standard InChI is InChI=1S/C19H18N2O4/c22-18(13-25-19(23)8-7-15-4-3-11-24-15)20-10-9-14-12-21-17-6-2-1-5-16(14)17/h1-8,11-12,21H,9-10,13H2,(H,20,22)/b8-7+. The zero-order valence-corrected chi connectivity index (χ0v) is 13.5. The van der Waals surface area contributed by atoms with Gasteiger partial charge in [0.05, 0.1) is 6.26 Å². The Morgan fingerprint density at radius 2 is 2.08 bits per heavy atom. The molecule has 0 aliphatic heterocycles. The summed E-state index contributed by atoms with van der Waals surface area (Å²) in [5.74, 6) is -0.386. The summed E-state index contributed by atoms with van der Waals surface area (Å²) in [7, 11) is 0. The monoisotopic (exact) mass is 338 g/mol. The molecule has 6 nitrogen and oxygen atoms in total. The van der Waals surface area contributed by atoms with Gasteiger partial charge >= 0.3 is 5.97 Å². The van der Waals surface area contributed by atoms with Crippen LogP contribution in [0.3, 0.4) is 0 Å². The average Bonchev–Trinajstić information content (AvgIpc) is 3.28. The van der Waals surface area contributed by atoms with E-state index in [-0.39, 0.29) is 12.5 Å². The van der Waals surface area contributed by atoms with Crippen LogP contribution in [0.4, 0.5) is 0 Å². The quantitative estimate of drug-likeness (QED) is 0.512. The van der Waals surface area contributed by atoms with Crippen LogP contribution < -0.4 is 5.32 Å². The molecule has 25 heavy (non-hydrogen) atoms. The lowest BCUT2D eigenvalue weighted by Gasteiger charge is -2.05. The fraction of sp³-hybridized carbons (Fsp3) is 0.158. The van der Waals surface area contributed by atoms with Gasteiger partial charge in [-0.05, 0) is 36.3 Å². The maximum absolute atomic E-state index is 11.7. The van der Waals surface area contributed by atoms with E-state index in [9.17, 15) is 9.59 Å². The van der Waals surface area contributed by atoms with E-state index in [2.05, 4.69) is 10.3 Å². The second kappa shape index (κ2) is 8.01. The molecule has 0 aliphatic carbocycles. The fourth-order valence-electron chi connectivity index (χ4n) is 2.45. The second-order valence-electron chi connectivity index (χ2n) is 5.42. The first-order chi connectivity index (χ1) is 12.2. The molecule has 0 saturated heterocycles. The number of furan rings is 1. The molecule has 0 aliphatic rings. The maximum Gasteiger partial charge on any atom is 0.331 e. The summed E-state index contributed by atoms with van der Waals surface area (Å²) in [4.78, 5) is 26.4. The third-order valence-corrected chi connectivity index (χ3v) is 3.66. The summed E-state index contributed by atoms with van der Waals surface area (Å²) >= 11 is 0.